The van der Waals surface area contributed by atoms with Gasteiger partial charge in [-0.2, -0.15) is 0 Å². The Balaban J connectivity index is 2.10. The fraction of sp³-hybridized carbons (Fsp3) is 1.00. The number of methoxy groups -OCH3 is 1. The molecule has 14 heavy (non-hydrogen) atoms. The van der Waals surface area contributed by atoms with Crippen LogP contribution in [0, 0.1) is 0 Å². The molecule has 2 unspecified atom stereocenters. The maximum absolute atomic E-state index is 5.59. The average Bonchev–Trinajstić information content (AvgIpc) is 2.67. The standard InChI is InChI=1S/C11H23NO2/c1-3-12-10(9-13-2)6-7-11-5-4-8-14-11/h10-12H,3-9H2,1-2H3. The molecule has 0 aromatic heterocycles. The lowest BCUT2D eigenvalue weighted by atomic mass is 10.1. The molecule has 1 fully saturated rings. The van der Waals surface area contributed by atoms with Crippen molar-refractivity contribution < 1.29 is 9.47 Å². The normalized spacial score (nSPS) is 24.0. The van der Waals surface area contributed by atoms with Crippen molar-refractivity contribution >= 4 is 0 Å². The van der Waals surface area contributed by atoms with E-state index in [1.807, 2.05) is 0 Å². The van der Waals surface area contributed by atoms with Gasteiger partial charge in [-0.05, 0) is 32.2 Å². The van der Waals surface area contributed by atoms with Gasteiger partial charge in [-0.1, -0.05) is 6.92 Å². The lowest BCUT2D eigenvalue weighted by Crippen LogP contribution is -2.33. The molecule has 0 radical (unpaired) electrons. The number of likely N-dealkylation sites (N-methyl/N-ethyl adjacent to an activating group) is 1. The Morgan fingerprint density at radius 3 is 3.00 bits per heavy atom. The highest BCUT2D eigenvalue weighted by Crippen LogP contribution is 2.17. The molecular formula is C11H23NO2. The second-order valence-electron chi connectivity index (χ2n) is 3.92. The Kier molecular flexibility index (Phi) is 6.15. The minimum absolute atomic E-state index is 0.495. The number of hydrogen-bond acceptors (Lipinski definition) is 3. The first kappa shape index (κ1) is 12.0. The lowest BCUT2D eigenvalue weighted by Gasteiger charge is -2.18. The molecule has 1 N–H and O–H groups in total. The number of ether oxygens (including phenoxy) is 2. The minimum atomic E-state index is 0.495. The fourth-order valence-corrected chi connectivity index (χ4v) is 1.99. The summed E-state index contributed by atoms with van der Waals surface area (Å²) in [5, 5.41) is 3.43. The first-order chi connectivity index (χ1) is 6.86. The minimum Gasteiger partial charge on any atom is -0.383 e. The topological polar surface area (TPSA) is 30.5 Å². The van der Waals surface area contributed by atoms with Crippen LogP contribution in [0.1, 0.15) is 32.6 Å². The van der Waals surface area contributed by atoms with Crippen LogP contribution in [0.3, 0.4) is 0 Å². The van der Waals surface area contributed by atoms with Gasteiger partial charge in [0.1, 0.15) is 0 Å². The van der Waals surface area contributed by atoms with Gasteiger partial charge >= 0.3 is 0 Å². The molecule has 0 saturated carbocycles. The smallest absolute Gasteiger partial charge is 0.0615 e. The van der Waals surface area contributed by atoms with Gasteiger partial charge in [-0.25, -0.2) is 0 Å². The molecule has 1 heterocycles. The van der Waals surface area contributed by atoms with Crippen LogP contribution in [0.15, 0.2) is 0 Å². The largest absolute Gasteiger partial charge is 0.383 e. The summed E-state index contributed by atoms with van der Waals surface area (Å²) in [7, 11) is 1.76. The zero-order valence-electron chi connectivity index (χ0n) is 9.42. The number of hydrogen-bond donors (Lipinski definition) is 1. The van der Waals surface area contributed by atoms with Crippen molar-refractivity contribution in [2.45, 2.75) is 44.8 Å². The van der Waals surface area contributed by atoms with Crippen LogP contribution in [0.4, 0.5) is 0 Å². The van der Waals surface area contributed by atoms with Gasteiger partial charge in [0, 0.05) is 19.8 Å². The van der Waals surface area contributed by atoms with Crippen molar-refractivity contribution in [2.24, 2.45) is 0 Å². The van der Waals surface area contributed by atoms with Gasteiger partial charge in [0.05, 0.1) is 12.7 Å². The molecule has 0 aliphatic carbocycles. The molecule has 0 bridgehead atoms. The molecule has 1 aliphatic rings. The summed E-state index contributed by atoms with van der Waals surface area (Å²) in [6.07, 6.45) is 5.31. The molecule has 84 valence electrons. The van der Waals surface area contributed by atoms with Crippen molar-refractivity contribution in [2.75, 3.05) is 26.9 Å². The zero-order valence-corrected chi connectivity index (χ0v) is 9.42. The maximum atomic E-state index is 5.59. The molecule has 0 aromatic rings. The quantitative estimate of drug-likeness (QED) is 0.678. The summed E-state index contributed by atoms with van der Waals surface area (Å²) in [4.78, 5) is 0. The Labute approximate surface area is 87.2 Å². The molecule has 0 amide bonds. The fourth-order valence-electron chi connectivity index (χ4n) is 1.99. The molecule has 2 atom stereocenters. The van der Waals surface area contributed by atoms with E-state index >= 15 is 0 Å². The van der Waals surface area contributed by atoms with Gasteiger partial charge in [0.2, 0.25) is 0 Å². The molecule has 3 nitrogen and oxygen atoms in total. The van der Waals surface area contributed by atoms with E-state index < -0.39 is 0 Å². The monoisotopic (exact) mass is 201 g/mol. The second kappa shape index (κ2) is 7.21. The summed E-state index contributed by atoms with van der Waals surface area (Å²) < 4.78 is 10.8. The van der Waals surface area contributed by atoms with Crippen molar-refractivity contribution in [3.8, 4) is 0 Å². The number of rotatable bonds is 7. The van der Waals surface area contributed by atoms with Gasteiger partial charge in [0.25, 0.3) is 0 Å². The highest BCUT2D eigenvalue weighted by Gasteiger charge is 2.17. The van der Waals surface area contributed by atoms with Gasteiger partial charge in [-0.15, -0.1) is 0 Å². The SMILES string of the molecule is CCNC(CCC1CCCO1)COC. The van der Waals surface area contributed by atoms with Crippen LogP contribution in [-0.4, -0.2) is 39.0 Å². The Morgan fingerprint density at radius 2 is 2.43 bits per heavy atom. The Hall–Kier alpha value is -0.120. The van der Waals surface area contributed by atoms with Crippen LogP contribution in [0.25, 0.3) is 0 Å². The van der Waals surface area contributed by atoms with Crippen LogP contribution >= 0.6 is 0 Å². The van der Waals surface area contributed by atoms with E-state index in [1.54, 1.807) is 7.11 Å². The lowest BCUT2D eigenvalue weighted by molar-refractivity contribution is 0.0928. The highest BCUT2D eigenvalue weighted by molar-refractivity contribution is 4.71. The van der Waals surface area contributed by atoms with Crippen molar-refractivity contribution in [3.05, 3.63) is 0 Å². The average molecular weight is 201 g/mol. The predicted octanol–water partition coefficient (Wildman–Crippen LogP) is 1.57. The van der Waals surface area contributed by atoms with Crippen LogP contribution in [0.2, 0.25) is 0 Å². The third-order valence-electron chi connectivity index (χ3n) is 2.72. The van der Waals surface area contributed by atoms with E-state index in [-0.39, 0.29) is 0 Å². The first-order valence-corrected chi connectivity index (χ1v) is 5.70. The van der Waals surface area contributed by atoms with E-state index in [2.05, 4.69) is 12.2 Å². The molecule has 3 heteroatoms. The number of nitrogens with one attached hydrogen (secondary N) is 1. The third-order valence-corrected chi connectivity index (χ3v) is 2.72. The van der Waals surface area contributed by atoms with Crippen LogP contribution in [-0.2, 0) is 9.47 Å². The summed E-state index contributed by atoms with van der Waals surface area (Å²) in [5.74, 6) is 0. The first-order valence-electron chi connectivity index (χ1n) is 5.70. The molecule has 1 saturated heterocycles. The summed E-state index contributed by atoms with van der Waals surface area (Å²) in [6.45, 7) is 4.91. The van der Waals surface area contributed by atoms with E-state index in [9.17, 15) is 0 Å². The summed E-state index contributed by atoms with van der Waals surface area (Å²) >= 11 is 0. The van der Waals surface area contributed by atoms with E-state index in [0.29, 0.717) is 12.1 Å². The molecule has 0 aromatic carbocycles. The molecule has 0 spiro atoms. The van der Waals surface area contributed by atoms with Crippen molar-refractivity contribution in [3.63, 3.8) is 0 Å². The maximum Gasteiger partial charge on any atom is 0.0615 e. The Morgan fingerprint density at radius 1 is 1.57 bits per heavy atom. The summed E-state index contributed by atoms with van der Waals surface area (Å²) in [5.41, 5.74) is 0. The summed E-state index contributed by atoms with van der Waals surface area (Å²) in [6, 6.07) is 0.495. The molecule has 1 aliphatic heterocycles. The van der Waals surface area contributed by atoms with Crippen molar-refractivity contribution in [1.82, 2.24) is 5.32 Å². The third kappa shape index (κ3) is 4.40. The molecular weight excluding hydrogens is 178 g/mol. The van der Waals surface area contributed by atoms with Crippen molar-refractivity contribution in [1.29, 1.82) is 0 Å². The van der Waals surface area contributed by atoms with E-state index in [4.69, 9.17) is 9.47 Å². The molecule has 1 rings (SSSR count). The van der Waals surface area contributed by atoms with E-state index in [0.717, 1.165) is 26.2 Å². The second-order valence-corrected chi connectivity index (χ2v) is 3.92. The van der Waals surface area contributed by atoms with Gasteiger partial charge < -0.3 is 14.8 Å². The highest BCUT2D eigenvalue weighted by atomic mass is 16.5. The van der Waals surface area contributed by atoms with Crippen LogP contribution in [0.5, 0.6) is 0 Å². The van der Waals surface area contributed by atoms with E-state index in [1.165, 1.54) is 19.3 Å². The predicted molar refractivity (Wildman–Crippen MR) is 57.5 cm³/mol. The Bertz CT molecular complexity index is 129. The van der Waals surface area contributed by atoms with Crippen LogP contribution < -0.4 is 5.32 Å². The van der Waals surface area contributed by atoms with Gasteiger partial charge in [-0.3, -0.25) is 0 Å². The zero-order chi connectivity index (χ0) is 10.2. The van der Waals surface area contributed by atoms with Gasteiger partial charge in [0.15, 0.2) is 0 Å².